The van der Waals surface area contributed by atoms with E-state index in [0.717, 1.165) is 5.56 Å². The molecule has 0 unspecified atom stereocenters. The van der Waals surface area contributed by atoms with E-state index in [1.54, 1.807) is 6.07 Å². The molecule has 1 rings (SSSR count). The number of carbonyl (C=O) groups is 1. The lowest BCUT2D eigenvalue weighted by atomic mass is 10.1. The zero-order valence-corrected chi connectivity index (χ0v) is 14.6. The summed E-state index contributed by atoms with van der Waals surface area (Å²) in [6, 6.07) is 6.45. The first kappa shape index (κ1) is 18.9. The monoisotopic (exact) mass is 322 g/mol. The first-order chi connectivity index (χ1) is 10.7. The van der Waals surface area contributed by atoms with Crippen LogP contribution in [0.5, 0.6) is 0 Å². The second-order valence-corrected chi connectivity index (χ2v) is 6.45. The molecular formula is C17H27FN4O. The van der Waals surface area contributed by atoms with Crippen LogP contribution in [0.25, 0.3) is 0 Å². The zero-order chi connectivity index (χ0) is 17.5. The molecule has 23 heavy (non-hydrogen) atoms. The predicted molar refractivity (Wildman–Crippen MR) is 91.7 cm³/mol. The number of nitrogens with zero attached hydrogens (tertiary/aromatic N) is 2. The van der Waals surface area contributed by atoms with Crippen LogP contribution in [0.15, 0.2) is 29.3 Å². The predicted octanol–water partition coefficient (Wildman–Crippen LogP) is 2.14. The molecule has 0 saturated heterocycles. The fourth-order valence-electron chi connectivity index (χ4n) is 2.06. The van der Waals surface area contributed by atoms with Crippen LogP contribution in [-0.4, -0.2) is 42.4 Å². The number of amides is 1. The van der Waals surface area contributed by atoms with Crippen LogP contribution in [0.4, 0.5) is 4.39 Å². The van der Waals surface area contributed by atoms with Gasteiger partial charge in [0.05, 0.1) is 0 Å². The minimum atomic E-state index is -0.279. The largest absolute Gasteiger partial charge is 0.357 e. The smallest absolute Gasteiger partial charge is 0.242 e. The molecule has 0 aliphatic rings. The van der Waals surface area contributed by atoms with Crippen molar-refractivity contribution in [3.8, 4) is 0 Å². The molecule has 0 aromatic heterocycles. The van der Waals surface area contributed by atoms with Crippen LogP contribution < -0.4 is 10.6 Å². The number of aliphatic imine (C=N–C) groups is 1. The molecule has 0 radical (unpaired) electrons. The van der Waals surface area contributed by atoms with E-state index in [-0.39, 0.29) is 23.8 Å². The second kappa shape index (κ2) is 8.50. The summed E-state index contributed by atoms with van der Waals surface area (Å²) in [6.07, 6.45) is 0. The lowest BCUT2D eigenvalue weighted by Crippen LogP contribution is -2.43. The Morgan fingerprint density at radius 3 is 2.61 bits per heavy atom. The molecule has 128 valence electrons. The average Bonchev–Trinajstić information content (AvgIpc) is 2.41. The number of guanidine groups is 1. The van der Waals surface area contributed by atoms with Crippen molar-refractivity contribution in [2.45, 2.75) is 39.8 Å². The Labute approximate surface area is 138 Å². The van der Waals surface area contributed by atoms with Gasteiger partial charge in [-0.25, -0.2) is 9.38 Å². The molecule has 0 fully saturated rings. The van der Waals surface area contributed by atoms with E-state index in [9.17, 15) is 9.18 Å². The Balaban J connectivity index is 2.72. The number of nitrogens with one attached hydrogen (secondary N) is 2. The van der Waals surface area contributed by atoms with Crippen molar-refractivity contribution in [3.05, 3.63) is 35.6 Å². The Hall–Kier alpha value is -2.11. The molecule has 1 amide bonds. The summed E-state index contributed by atoms with van der Waals surface area (Å²) < 4.78 is 13.3. The summed E-state index contributed by atoms with van der Waals surface area (Å²) in [6.45, 7) is 8.98. The molecule has 1 aromatic rings. The van der Waals surface area contributed by atoms with Crippen molar-refractivity contribution >= 4 is 11.9 Å². The SMILES string of the molecule is CCNC(=NCC(=O)NC(C)(C)C)N(C)Cc1cccc(F)c1. The number of hydrogen-bond acceptors (Lipinski definition) is 2. The zero-order valence-electron chi connectivity index (χ0n) is 14.6. The van der Waals surface area contributed by atoms with E-state index >= 15 is 0 Å². The number of carbonyl (C=O) groups excluding carboxylic acids is 1. The fraction of sp³-hybridized carbons (Fsp3) is 0.529. The van der Waals surface area contributed by atoms with Gasteiger partial charge in [-0.05, 0) is 45.4 Å². The lowest BCUT2D eigenvalue weighted by molar-refractivity contribution is -0.121. The minimum Gasteiger partial charge on any atom is -0.357 e. The van der Waals surface area contributed by atoms with Crippen molar-refractivity contribution in [2.75, 3.05) is 20.1 Å². The third-order valence-corrected chi connectivity index (χ3v) is 2.89. The van der Waals surface area contributed by atoms with E-state index in [0.29, 0.717) is 19.0 Å². The minimum absolute atomic E-state index is 0.0487. The van der Waals surface area contributed by atoms with Crippen LogP contribution in [0.3, 0.4) is 0 Å². The van der Waals surface area contributed by atoms with Gasteiger partial charge in [-0.15, -0.1) is 0 Å². The van der Waals surface area contributed by atoms with Gasteiger partial charge in [-0.2, -0.15) is 0 Å². The maximum atomic E-state index is 13.3. The van der Waals surface area contributed by atoms with Crippen LogP contribution in [0.2, 0.25) is 0 Å². The molecule has 6 heteroatoms. The summed E-state index contributed by atoms with van der Waals surface area (Å²) in [5.74, 6) is 0.218. The Morgan fingerprint density at radius 2 is 2.04 bits per heavy atom. The van der Waals surface area contributed by atoms with Gasteiger partial charge in [-0.3, -0.25) is 4.79 Å². The van der Waals surface area contributed by atoms with Gasteiger partial charge in [0.1, 0.15) is 12.4 Å². The van der Waals surface area contributed by atoms with Gasteiger partial charge in [0.2, 0.25) is 5.91 Å². The summed E-state index contributed by atoms with van der Waals surface area (Å²) in [5.41, 5.74) is 0.565. The molecule has 1 aromatic carbocycles. The molecular weight excluding hydrogens is 295 g/mol. The normalized spacial score (nSPS) is 12.0. The highest BCUT2D eigenvalue weighted by molar-refractivity contribution is 5.85. The summed E-state index contributed by atoms with van der Waals surface area (Å²) in [4.78, 5) is 18.1. The van der Waals surface area contributed by atoms with Gasteiger partial charge in [0.15, 0.2) is 5.96 Å². The Morgan fingerprint density at radius 1 is 1.35 bits per heavy atom. The molecule has 5 nitrogen and oxygen atoms in total. The van der Waals surface area contributed by atoms with E-state index in [2.05, 4.69) is 15.6 Å². The van der Waals surface area contributed by atoms with E-state index in [1.807, 2.05) is 45.7 Å². The third-order valence-electron chi connectivity index (χ3n) is 2.89. The first-order valence-corrected chi connectivity index (χ1v) is 7.76. The van der Waals surface area contributed by atoms with Gasteiger partial charge >= 0.3 is 0 Å². The summed E-state index contributed by atoms with van der Waals surface area (Å²) in [7, 11) is 1.86. The number of hydrogen-bond donors (Lipinski definition) is 2. The highest BCUT2D eigenvalue weighted by Gasteiger charge is 2.14. The standard InChI is InChI=1S/C17H27FN4O/c1-6-19-16(20-11-15(23)21-17(2,3)4)22(5)12-13-8-7-9-14(18)10-13/h7-10H,6,11-12H2,1-5H3,(H,19,20)(H,21,23). The van der Waals surface area contributed by atoms with Crippen LogP contribution >= 0.6 is 0 Å². The van der Waals surface area contributed by atoms with E-state index in [1.165, 1.54) is 12.1 Å². The molecule has 0 aliphatic carbocycles. The highest BCUT2D eigenvalue weighted by atomic mass is 19.1. The fourth-order valence-corrected chi connectivity index (χ4v) is 2.06. The van der Waals surface area contributed by atoms with Gasteiger partial charge in [0.25, 0.3) is 0 Å². The van der Waals surface area contributed by atoms with Crippen molar-refractivity contribution in [3.63, 3.8) is 0 Å². The van der Waals surface area contributed by atoms with E-state index < -0.39 is 0 Å². The molecule has 0 spiro atoms. The van der Waals surface area contributed by atoms with Crippen molar-refractivity contribution in [2.24, 2.45) is 4.99 Å². The number of benzene rings is 1. The maximum Gasteiger partial charge on any atom is 0.242 e. The van der Waals surface area contributed by atoms with Crippen LogP contribution in [0, 0.1) is 5.82 Å². The third kappa shape index (κ3) is 7.63. The van der Waals surface area contributed by atoms with Crippen molar-refractivity contribution in [1.82, 2.24) is 15.5 Å². The summed E-state index contributed by atoms with van der Waals surface area (Å²) >= 11 is 0. The van der Waals surface area contributed by atoms with Gasteiger partial charge < -0.3 is 15.5 Å². The molecule has 0 atom stereocenters. The Kier molecular flexibility index (Phi) is 7.00. The Bertz CT molecular complexity index is 552. The van der Waals surface area contributed by atoms with Crippen LogP contribution in [0.1, 0.15) is 33.3 Å². The summed E-state index contributed by atoms with van der Waals surface area (Å²) in [5, 5.41) is 6.01. The van der Waals surface area contributed by atoms with E-state index in [4.69, 9.17) is 0 Å². The van der Waals surface area contributed by atoms with Crippen molar-refractivity contribution < 1.29 is 9.18 Å². The quantitative estimate of drug-likeness (QED) is 0.645. The molecule has 0 saturated carbocycles. The molecule has 0 heterocycles. The average molecular weight is 322 g/mol. The molecule has 0 bridgehead atoms. The van der Waals surface area contributed by atoms with Gasteiger partial charge in [-0.1, -0.05) is 12.1 Å². The molecule has 0 aliphatic heterocycles. The number of rotatable bonds is 5. The van der Waals surface area contributed by atoms with Crippen LogP contribution in [-0.2, 0) is 11.3 Å². The number of halogens is 1. The first-order valence-electron chi connectivity index (χ1n) is 7.76. The topological polar surface area (TPSA) is 56.7 Å². The highest BCUT2D eigenvalue weighted by Crippen LogP contribution is 2.06. The second-order valence-electron chi connectivity index (χ2n) is 6.45. The lowest BCUT2D eigenvalue weighted by Gasteiger charge is -2.23. The maximum absolute atomic E-state index is 13.3. The molecule has 2 N–H and O–H groups in total. The van der Waals surface area contributed by atoms with Crippen molar-refractivity contribution in [1.29, 1.82) is 0 Å². The van der Waals surface area contributed by atoms with Gasteiger partial charge in [0, 0.05) is 25.7 Å².